The molecule has 1 aliphatic heterocycles. The van der Waals surface area contributed by atoms with Crippen molar-refractivity contribution in [1.82, 2.24) is 5.32 Å². The maximum atomic E-state index is 5.79. The van der Waals surface area contributed by atoms with Crippen LogP contribution in [0, 0.1) is 0 Å². The van der Waals surface area contributed by atoms with Crippen LogP contribution < -0.4 is 14.8 Å². The van der Waals surface area contributed by atoms with Crippen LogP contribution in [0.1, 0.15) is 23.1 Å². The number of fused-ring (bicyclic) bond motifs is 1. The molecule has 24 heavy (non-hydrogen) atoms. The van der Waals surface area contributed by atoms with Crippen molar-refractivity contribution in [2.45, 2.75) is 26.1 Å². The van der Waals surface area contributed by atoms with E-state index in [4.69, 9.17) is 14.2 Å². The van der Waals surface area contributed by atoms with Gasteiger partial charge in [0.1, 0.15) is 0 Å². The predicted molar refractivity (Wildman–Crippen MR) is 97.4 cm³/mol. The second-order valence-electron chi connectivity index (χ2n) is 5.76. The summed E-state index contributed by atoms with van der Waals surface area (Å²) >= 11 is 3.59. The summed E-state index contributed by atoms with van der Waals surface area (Å²) in [6.45, 7) is 3.58. The molecule has 0 radical (unpaired) electrons. The van der Waals surface area contributed by atoms with E-state index in [1.807, 2.05) is 6.07 Å². The highest BCUT2D eigenvalue weighted by Crippen LogP contribution is 2.38. The lowest BCUT2D eigenvalue weighted by Gasteiger charge is -2.13. The van der Waals surface area contributed by atoms with Gasteiger partial charge in [0.15, 0.2) is 11.5 Å². The molecule has 0 aromatic heterocycles. The second kappa shape index (κ2) is 8.51. The fourth-order valence-corrected chi connectivity index (χ4v) is 3.36. The molecule has 0 saturated heterocycles. The van der Waals surface area contributed by atoms with Crippen molar-refractivity contribution in [3.8, 4) is 11.5 Å². The summed E-state index contributed by atoms with van der Waals surface area (Å²) in [5.74, 6) is 1.63. The van der Waals surface area contributed by atoms with Gasteiger partial charge in [0.2, 0.25) is 0 Å². The molecule has 1 N–H and O–H groups in total. The third kappa shape index (κ3) is 4.29. The summed E-state index contributed by atoms with van der Waals surface area (Å²) in [6.07, 6.45) is 0.908. The SMILES string of the molecule is COCc1ccccc1CNCc1cc(Br)c2c(c1)OCCCO2. The fraction of sp³-hybridized carbons (Fsp3) is 0.368. The van der Waals surface area contributed by atoms with Gasteiger partial charge in [0, 0.05) is 26.6 Å². The Labute approximate surface area is 151 Å². The molecular weight excluding hydrogens is 370 g/mol. The number of nitrogens with one attached hydrogen (secondary N) is 1. The number of hydrogen-bond acceptors (Lipinski definition) is 4. The minimum atomic E-state index is 0.632. The molecule has 0 fully saturated rings. The molecule has 0 aliphatic carbocycles. The number of rotatable bonds is 6. The topological polar surface area (TPSA) is 39.7 Å². The number of ether oxygens (including phenoxy) is 3. The lowest BCUT2D eigenvalue weighted by molar-refractivity contribution is 0.184. The van der Waals surface area contributed by atoms with Crippen LogP contribution in [0.3, 0.4) is 0 Å². The summed E-state index contributed by atoms with van der Waals surface area (Å²) in [5.41, 5.74) is 3.63. The van der Waals surface area contributed by atoms with Crippen LogP contribution in [-0.2, 0) is 24.4 Å². The second-order valence-corrected chi connectivity index (χ2v) is 6.61. The largest absolute Gasteiger partial charge is 0.490 e. The number of halogens is 1. The Morgan fingerprint density at radius 2 is 1.88 bits per heavy atom. The molecule has 0 atom stereocenters. The Bertz CT molecular complexity index is 690. The first-order valence-corrected chi connectivity index (χ1v) is 8.91. The van der Waals surface area contributed by atoms with Crippen LogP contribution in [0.2, 0.25) is 0 Å². The van der Waals surface area contributed by atoms with E-state index >= 15 is 0 Å². The molecule has 3 rings (SSSR count). The Kier molecular flexibility index (Phi) is 6.12. The number of benzene rings is 2. The average Bonchev–Trinajstić information content (AvgIpc) is 2.82. The van der Waals surface area contributed by atoms with Crippen molar-refractivity contribution in [2.75, 3.05) is 20.3 Å². The van der Waals surface area contributed by atoms with E-state index in [-0.39, 0.29) is 0 Å². The van der Waals surface area contributed by atoms with E-state index in [0.717, 1.165) is 41.0 Å². The Morgan fingerprint density at radius 3 is 2.71 bits per heavy atom. The lowest BCUT2D eigenvalue weighted by Crippen LogP contribution is -2.14. The monoisotopic (exact) mass is 391 g/mol. The molecule has 1 heterocycles. The van der Waals surface area contributed by atoms with Crippen LogP contribution in [0.5, 0.6) is 11.5 Å². The summed E-state index contributed by atoms with van der Waals surface area (Å²) in [7, 11) is 1.72. The van der Waals surface area contributed by atoms with Crippen molar-refractivity contribution < 1.29 is 14.2 Å². The van der Waals surface area contributed by atoms with Crippen LogP contribution in [0.25, 0.3) is 0 Å². The van der Waals surface area contributed by atoms with Gasteiger partial charge in [0.25, 0.3) is 0 Å². The van der Waals surface area contributed by atoms with Gasteiger partial charge < -0.3 is 19.5 Å². The molecular formula is C19H22BrNO3. The van der Waals surface area contributed by atoms with E-state index < -0.39 is 0 Å². The minimum Gasteiger partial charge on any atom is -0.490 e. The van der Waals surface area contributed by atoms with Gasteiger partial charge in [-0.3, -0.25) is 0 Å². The van der Waals surface area contributed by atoms with Crippen LogP contribution in [-0.4, -0.2) is 20.3 Å². The standard InChI is InChI=1S/C19H22BrNO3/c1-22-13-16-6-3-2-5-15(16)12-21-11-14-9-17(20)19-18(10-14)23-7-4-8-24-19/h2-3,5-6,9-10,21H,4,7-8,11-13H2,1H3. The third-order valence-corrected chi connectivity index (χ3v) is 4.51. The molecule has 128 valence electrons. The van der Waals surface area contributed by atoms with Gasteiger partial charge >= 0.3 is 0 Å². The predicted octanol–water partition coefficient (Wildman–Crippen LogP) is 4.05. The van der Waals surface area contributed by atoms with Crippen LogP contribution >= 0.6 is 15.9 Å². The number of methoxy groups -OCH3 is 1. The van der Waals surface area contributed by atoms with E-state index in [2.05, 4.69) is 51.6 Å². The summed E-state index contributed by atoms with van der Waals surface area (Å²) in [4.78, 5) is 0. The fourth-order valence-electron chi connectivity index (χ4n) is 2.75. The highest BCUT2D eigenvalue weighted by molar-refractivity contribution is 9.10. The van der Waals surface area contributed by atoms with Gasteiger partial charge in [-0.2, -0.15) is 0 Å². The zero-order valence-corrected chi connectivity index (χ0v) is 15.4. The number of hydrogen-bond donors (Lipinski definition) is 1. The van der Waals surface area contributed by atoms with E-state index in [1.165, 1.54) is 11.1 Å². The maximum Gasteiger partial charge on any atom is 0.175 e. The molecule has 0 amide bonds. The van der Waals surface area contributed by atoms with Crippen LogP contribution in [0.4, 0.5) is 0 Å². The smallest absolute Gasteiger partial charge is 0.175 e. The summed E-state index contributed by atoms with van der Waals surface area (Å²) < 4.78 is 17.7. The zero-order valence-electron chi connectivity index (χ0n) is 13.8. The first kappa shape index (κ1) is 17.3. The molecule has 2 aromatic rings. The molecule has 1 aliphatic rings. The zero-order chi connectivity index (χ0) is 16.8. The van der Waals surface area contributed by atoms with Gasteiger partial charge in [0.05, 0.1) is 24.3 Å². The third-order valence-electron chi connectivity index (χ3n) is 3.92. The highest BCUT2D eigenvalue weighted by Gasteiger charge is 2.15. The molecule has 0 unspecified atom stereocenters. The van der Waals surface area contributed by atoms with Crippen molar-refractivity contribution in [1.29, 1.82) is 0 Å². The first-order chi connectivity index (χ1) is 11.8. The quantitative estimate of drug-likeness (QED) is 0.806. The van der Waals surface area contributed by atoms with Crippen molar-refractivity contribution in [2.24, 2.45) is 0 Å². The van der Waals surface area contributed by atoms with Crippen molar-refractivity contribution in [3.05, 3.63) is 57.6 Å². The molecule has 0 spiro atoms. The maximum absolute atomic E-state index is 5.79. The minimum absolute atomic E-state index is 0.632. The average molecular weight is 392 g/mol. The molecule has 5 heteroatoms. The molecule has 2 aromatic carbocycles. The Morgan fingerprint density at radius 1 is 1.08 bits per heavy atom. The summed E-state index contributed by atoms with van der Waals surface area (Å²) in [6, 6.07) is 12.5. The summed E-state index contributed by atoms with van der Waals surface area (Å²) in [5, 5.41) is 3.49. The van der Waals surface area contributed by atoms with E-state index in [9.17, 15) is 0 Å². The van der Waals surface area contributed by atoms with Gasteiger partial charge in [-0.25, -0.2) is 0 Å². The van der Waals surface area contributed by atoms with E-state index in [1.54, 1.807) is 7.11 Å². The van der Waals surface area contributed by atoms with Crippen molar-refractivity contribution >= 4 is 15.9 Å². The normalized spacial score (nSPS) is 13.6. The van der Waals surface area contributed by atoms with E-state index in [0.29, 0.717) is 19.8 Å². The lowest BCUT2D eigenvalue weighted by atomic mass is 10.1. The highest BCUT2D eigenvalue weighted by atomic mass is 79.9. The Hall–Kier alpha value is -1.56. The van der Waals surface area contributed by atoms with Crippen LogP contribution in [0.15, 0.2) is 40.9 Å². The molecule has 0 bridgehead atoms. The van der Waals surface area contributed by atoms with Gasteiger partial charge in [-0.05, 0) is 44.8 Å². The first-order valence-electron chi connectivity index (χ1n) is 8.12. The van der Waals surface area contributed by atoms with Crippen molar-refractivity contribution in [3.63, 3.8) is 0 Å². The molecule has 0 saturated carbocycles. The Balaban J connectivity index is 1.65. The molecule has 4 nitrogen and oxygen atoms in total. The van der Waals surface area contributed by atoms with Gasteiger partial charge in [-0.1, -0.05) is 24.3 Å². The van der Waals surface area contributed by atoms with Gasteiger partial charge in [-0.15, -0.1) is 0 Å².